The van der Waals surface area contributed by atoms with Crippen molar-refractivity contribution in [1.29, 1.82) is 0 Å². The first-order valence-corrected chi connectivity index (χ1v) is 4.61. The number of rotatable bonds is 5. The third kappa shape index (κ3) is 3.42. The highest BCUT2D eigenvalue weighted by Gasteiger charge is 2.16. The molecule has 0 aliphatic carbocycles. The Morgan fingerprint density at radius 2 is 2.33 bits per heavy atom. The smallest absolute Gasteiger partial charge is 0.326 e. The van der Waals surface area contributed by atoms with Crippen molar-refractivity contribution in [3.63, 3.8) is 0 Å². The van der Waals surface area contributed by atoms with Gasteiger partial charge in [-0.15, -0.1) is 0 Å². The second-order valence-corrected chi connectivity index (χ2v) is 3.37. The Morgan fingerprint density at radius 3 is 2.87 bits per heavy atom. The highest BCUT2D eigenvalue weighted by Crippen LogP contribution is 2.06. The third-order valence-corrected chi connectivity index (χ3v) is 2.09. The van der Waals surface area contributed by atoms with Gasteiger partial charge >= 0.3 is 5.97 Å². The molecule has 80 valence electrons. The molecule has 1 amide bonds. The summed E-state index contributed by atoms with van der Waals surface area (Å²) in [5, 5.41) is 11.1. The lowest BCUT2D eigenvalue weighted by Crippen LogP contribution is -2.37. The number of hydrogen-bond acceptors (Lipinski definition) is 2. The molecular formula is C11H13NO3. The fraction of sp³-hybridized carbons (Fsp3) is 0.273. The van der Waals surface area contributed by atoms with E-state index in [4.69, 9.17) is 5.11 Å². The van der Waals surface area contributed by atoms with Gasteiger partial charge in [-0.05, 0) is 12.5 Å². The van der Waals surface area contributed by atoms with Crippen molar-refractivity contribution < 1.29 is 14.7 Å². The largest absolute Gasteiger partial charge is 0.480 e. The maximum absolute atomic E-state index is 10.8. The van der Waals surface area contributed by atoms with Crippen LogP contribution in [0.5, 0.6) is 0 Å². The fourth-order valence-corrected chi connectivity index (χ4v) is 1.37. The van der Waals surface area contributed by atoms with Crippen molar-refractivity contribution in [3.8, 4) is 0 Å². The Hall–Kier alpha value is -1.84. The number of aryl methyl sites for hydroxylation is 1. The van der Waals surface area contributed by atoms with Crippen LogP contribution in [-0.4, -0.2) is 23.5 Å². The zero-order valence-corrected chi connectivity index (χ0v) is 8.43. The Kier molecular flexibility index (Phi) is 3.85. The first-order chi connectivity index (χ1) is 7.13. The van der Waals surface area contributed by atoms with Crippen LogP contribution in [0.1, 0.15) is 11.1 Å². The van der Waals surface area contributed by atoms with Crippen LogP contribution in [-0.2, 0) is 16.0 Å². The molecule has 1 aromatic rings. The van der Waals surface area contributed by atoms with Gasteiger partial charge in [0.2, 0.25) is 6.41 Å². The summed E-state index contributed by atoms with van der Waals surface area (Å²) in [5.74, 6) is -1.02. The van der Waals surface area contributed by atoms with Crippen LogP contribution in [0.15, 0.2) is 24.3 Å². The summed E-state index contributed by atoms with van der Waals surface area (Å²) in [4.78, 5) is 21.0. The zero-order valence-electron chi connectivity index (χ0n) is 8.43. The molecule has 0 aliphatic rings. The highest BCUT2D eigenvalue weighted by molar-refractivity contribution is 5.76. The van der Waals surface area contributed by atoms with E-state index in [1.54, 1.807) is 0 Å². The first-order valence-electron chi connectivity index (χ1n) is 4.61. The summed E-state index contributed by atoms with van der Waals surface area (Å²) < 4.78 is 0. The number of carboxylic acid groups (broad SMARTS) is 1. The van der Waals surface area contributed by atoms with Crippen molar-refractivity contribution in [2.75, 3.05) is 0 Å². The summed E-state index contributed by atoms with van der Waals surface area (Å²) in [6.07, 6.45) is 0.713. The molecule has 0 saturated carbocycles. The molecule has 0 spiro atoms. The molecule has 0 saturated heterocycles. The van der Waals surface area contributed by atoms with E-state index in [-0.39, 0.29) is 0 Å². The van der Waals surface area contributed by atoms with E-state index in [0.29, 0.717) is 12.8 Å². The quantitative estimate of drug-likeness (QED) is 0.700. The number of aliphatic carboxylic acids is 1. The van der Waals surface area contributed by atoms with Crippen molar-refractivity contribution in [1.82, 2.24) is 5.32 Å². The Morgan fingerprint density at radius 1 is 1.60 bits per heavy atom. The number of carboxylic acids is 1. The molecule has 4 nitrogen and oxygen atoms in total. The van der Waals surface area contributed by atoms with Crippen molar-refractivity contribution >= 4 is 12.4 Å². The van der Waals surface area contributed by atoms with Crippen LogP contribution >= 0.6 is 0 Å². The maximum Gasteiger partial charge on any atom is 0.326 e. The number of carbonyl (C=O) groups excluding carboxylic acids is 1. The van der Waals surface area contributed by atoms with Crippen molar-refractivity contribution in [2.45, 2.75) is 19.4 Å². The van der Waals surface area contributed by atoms with Gasteiger partial charge < -0.3 is 10.4 Å². The SMILES string of the molecule is Cc1cccc(CC(NC=O)C(=O)O)c1. The van der Waals surface area contributed by atoms with Crippen molar-refractivity contribution in [3.05, 3.63) is 35.4 Å². The van der Waals surface area contributed by atoms with Gasteiger partial charge in [0.25, 0.3) is 0 Å². The van der Waals surface area contributed by atoms with Crippen LogP contribution in [0.25, 0.3) is 0 Å². The normalized spacial score (nSPS) is 11.8. The summed E-state index contributed by atoms with van der Waals surface area (Å²) in [7, 11) is 0. The minimum absolute atomic E-state index is 0.301. The molecule has 0 heterocycles. The molecule has 2 N–H and O–H groups in total. The van der Waals surface area contributed by atoms with Gasteiger partial charge in [0.05, 0.1) is 0 Å². The van der Waals surface area contributed by atoms with Crippen LogP contribution in [0.4, 0.5) is 0 Å². The Bertz CT molecular complexity index is 363. The molecule has 15 heavy (non-hydrogen) atoms. The lowest BCUT2D eigenvalue weighted by atomic mass is 10.0. The van der Waals surface area contributed by atoms with Crippen LogP contribution in [0, 0.1) is 6.92 Å². The number of nitrogens with one attached hydrogen (secondary N) is 1. The molecule has 1 unspecified atom stereocenters. The lowest BCUT2D eigenvalue weighted by molar-refractivity contribution is -0.140. The van der Waals surface area contributed by atoms with Crippen molar-refractivity contribution in [2.24, 2.45) is 0 Å². The standard InChI is InChI=1S/C11H13NO3/c1-8-3-2-4-9(5-8)6-10(11(14)15)12-7-13/h2-5,7,10H,6H2,1H3,(H,12,13)(H,14,15). The predicted molar refractivity (Wildman–Crippen MR) is 55.5 cm³/mol. The number of hydrogen-bond donors (Lipinski definition) is 2. The van der Waals surface area contributed by atoms with Crippen LogP contribution < -0.4 is 5.32 Å². The van der Waals surface area contributed by atoms with Crippen LogP contribution in [0.2, 0.25) is 0 Å². The number of carbonyl (C=O) groups is 2. The third-order valence-electron chi connectivity index (χ3n) is 2.09. The van der Waals surface area contributed by atoms with E-state index >= 15 is 0 Å². The first kappa shape index (κ1) is 11.2. The van der Waals surface area contributed by atoms with Gasteiger partial charge in [0.1, 0.15) is 6.04 Å². The van der Waals surface area contributed by atoms with E-state index < -0.39 is 12.0 Å². The zero-order chi connectivity index (χ0) is 11.3. The minimum Gasteiger partial charge on any atom is -0.480 e. The molecule has 0 bridgehead atoms. The topological polar surface area (TPSA) is 66.4 Å². The molecule has 0 radical (unpaired) electrons. The number of benzene rings is 1. The average Bonchev–Trinajstić information content (AvgIpc) is 2.17. The summed E-state index contributed by atoms with van der Waals surface area (Å²) in [6, 6.07) is 6.69. The van der Waals surface area contributed by atoms with E-state index in [1.807, 2.05) is 31.2 Å². The monoisotopic (exact) mass is 207 g/mol. The molecule has 0 aromatic heterocycles. The second kappa shape index (κ2) is 5.14. The highest BCUT2D eigenvalue weighted by atomic mass is 16.4. The molecule has 1 rings (SSSR count). The Labute approximate surface area is 87.9 Å². The van der Waals surface area contributed by atoms with E-state index in [9.17, 15) is 9.59 Å². The second-order valence-electron chi connectivity index (χ2n) is 3.37. The molecular weight excluding hydrogens is 194 g/mol. The van der Waals surface area contributed by atoms with Gasteiger partial charge in [0, 0.05) is 6.42 Å². The molecule has 0 fully saturated rings. The maximum atomic E-state index is 10.8. The molecule has 1 atom stereocenters. The molecule has 4 heteroatoms. The minimum atomic E-state index is -1.02. The van der Waals surface area contributed by atoms with Gasteiger partial charge in [-0.25, -0.2) is 4.79 Å². The van der Waals surface area contributed by atoms with Crippen LogP contribution in [0.3, 0.4) is 0 Å². The van der Waals surface area contributed by atoms with Gasteiger partial charge in [-0.3, -0.25) is 4.79 Å². The predicted octanol–water partition coefficient (Wildman–Crippen LogP) is 0.737. The van der Waals surface area contributed by atoms with Gasteiger partial charge in [-0.2, -0.15) is 0 Å². The lowest BCUT2D eigenvalue weighted by Gasteiger charge is -2.11. The van der Waals surface area contributed by atoms with E-state index in [2.05, 4.69) is 5.32 Å². The Balaban J connectivity index is 2.73. The summed E-state index contributed by atoms with van der Waals surface area (Å²) in [6.45, 7) is 1.94. The van der Waals surface area contributed by atoms with E-state index in [1.165, 1.54) is 0 Å². The van der Waals surface area contributed by atoms with E-state index in [0.717, 1.165) is 11.1 Å². The van der Waals surface area contributed by atoms with Gasteiger partial charge in [0.15, 0.2) is 0 Å². The summed E-state index contributed by atoms with van der Waals surface area (Å²) in [5.41, 5.74) is 1.97. The molecule has 0 aliphatic heterocycles. The van der Waals surface area contributed by atoms with Gasteiger partial charge in [-0.1, -0.05) is 29.8 Å². The molecule has 1 aromatic carbocycles. The number of amides is 1. The average molecular weight is 207 g/mol. The fourth-order valence-electron chi connectivity index (χ4n) is 1.37. The summed E-state index contributed by atoms with van der Waals surface area (Å²) >= 11 is 0.